The van der Waals surface area contributed by atoms with Gasteiger partial charge < -0.3 is 15.1 Å². The van der Waals surface area contributed by atoms with E-state index in [0.29, 0.717) is 12.1 Å². The minimum Gasteiger partial charge on any atom is -0.355 e. The first-order valence-corrected chi connectivity index (χ1v) is 8.98. The Bertz CT molecular complexity index is 580. The topological polar surface area (TPSA) is 55.9 Å². The van der Waals surface area contributed by atoms with E-state index in [1.54, 1.807) is 7.05 Å². The Morgan fingerprint density at radius 1 is 1.16 bits per heavy atom. The van der Waals surface area contributed by atoms with Gasteiger partial charge in [0.15, 0.2) is 0 Å². The molecule has 1 aliphatic rings. The van der Waals surface area contributed by atoms with Crippen molar-refractivity contribution in [1.29, 1.82) is 0 Å². The second-order valence-corrected chi connectivity index (χ2v) is 6.63. The second-order valence-electron chi connectivity index (χ2n) is 6.63. The van der Waals surface area contributed by atoms with Crippen LogP contribution < -0.4 is 5.32 Å². The SMILES string of the molecule is CCN1CCN(C(=O)[C@H](C)N(C)Cc2ccc(C(=O)NC)cc2)CC1. The zero-order chi connectivity index (χ0) is 18.4. The highest BCUT2D eigenvalue weighted by molar-refractivity contribution is 5.93. The Labute approximate surface area is 150 Å². The number of rotatable bonds is 6. The van der Waals surface area contributed by atoms with E-state index in [9.17, 15) is 9.59 Å². The van der Waals surface area contributed by atoms with Crippen molar-refractivity contribution in [3.8, 4) is 0 Å². The number of likely N-dealkylation sites (N-methyl/N-ethyl adjacent to an activating group) is 2. The molecule has 6 heteroatoms. The predicted molar refractivity (Wildman–Crippen MR) is 99.5 cm³/mol. The molecule has 0 spiro atoms. The fourth-order valence-corrected chi connectivity index (χ4v) is 3.07. The first kappa shape index (κ1) is 19.4. The molecule has 6 nitrogen and oxygen atoms in total. The van der Waals surface area contributed by atoms with Crippen LogP contribution in [0.1, 0.15) is 29.8 Å². The van der Waals surface area contributed by atoms with Crippen LogP contribution in [0.25, 0.3) is 0 Å². The van der Waals surface area contributed by atoms with Gasteiger partial charge in [-0.15, -0.1) is 0 Å². The van der Waals surface area contributed by atoms with E-state index in [2.05, 4.69) is 22.0 Å². The molecule has 1 aromatic rings. The van der Waals surface area contributed by atoms with Gasteiger partial charge in [0, 0.05) is 45.3 Å². The maximum Gasteiger partial charge on any atom is 0.251 e. The number of carbonyl (C=O) groups excluding carboxylic acids is 2. The smallest absolute Gasteiger partial charge is 0.251 e. The van der Waals surface area contributed by atoms with E-state index in [0.717, 1.165) is 38.3 Å². The van der Waals surface area contributed by atoms with Gasteiger partial charge in [-0.2, -0.15) is 0 Å². The molecule has 1 heterocycles. The maximum atomic E-state index is 12.7. The quantitative estimate of drug-likeness (QED) is 0.836. The molecule has 0 radical (unpaired) electrons. The van der Waals surface area contributed by atoms with Crippen LogP contribution in [0, 0.1) is 0 Å². The van der Waals surface area contributed by atoms with E-state index in [-0.39, 0.29) is 17.9 Å². The zero-order valence-corrected chi connectivity index (χ0v) is 15.8. The monoisotopic (exact) mass is 346 g/mol. The number of hydrogen-bond acceptors (Lipinski definition) is 4. The normalized spacial score (nSPS) is 16.8. The Morgan fingerprint density at radius 2 is 1.76 bits per heavy atom. The number of amides is 2. The lowest BCUT2D eigenvalue weighted by molar-refractivity contribution is -0.137. The number of hydrogen-bond donors (Lipinski definition) is 1. The Morgan fingerprint density at radius 3 is 2.28 bits per heavy atom. The van der Waals surface area contributed by atoms with Gasteiger partial charge in [0.25, 0.3) is 5.91 Å². The van der Waals surface area contributed by atoms with Crippen molar-refractivity contribution in [3.05, 3.63) is 35.4 Å². The van der Waals surface area contributed by atoms with Crippen molar-refractivity contribution < 1.29 is 9.59 Å². The fraction of sp³-hybridized carbons (Fsp3) is 0.579. The second kappa shape index (κ2) is 8.97. The highest BCUT2D eigenvalue weighted by Gasteiger charge is 2.26. The summed E-state index contributed by atoms with van der Waals surface area (Å²) in [6.07, 6.45) is 0. The van der Waals surface area contributed by atoms with Gasteiger partial charge in [0.05, 0.1) is 6.04 Å². The first-order valence-electron chi connectivity index (χ1n) is 8.98. The van der Waals surface area contributed by atoms with Crippen molar-refractivity contribution in [2.45, 2.75) is 26.4 Å². The number of piperazine rings is 1. The van der Waals surface area contributed by atoms with Gasteiger partial charge in [-0.3, -0.25) is 14.5 Å². The van der Waals surface area contributed by atoms with Crippen molar-refractivity contribution in [2.24, 2.45) is 0 Å². The molecule has 2 amide bonds. The van der Waals surface area contributed by atoms with Gasteiger partial charge in [-0.05, 0) is 38.2 Å². The lowest BCUT2D eigenvalue weighted by atomic mass is 10.1. The van der Waals surface area contributed by atoms with Crippen LogP contribution in [0.2, 0.25) is 0 Å². The van der Waals surface area contributed by atoms with Gasteiger partial charge >= 0.3 is 0 Å². The molecule has 1 fully saturated rings. The molecule has 138 valence electrons. The minimum absolute atomic E-state index is 0.0883. The summed E-state index contributed by atoms with van der Waals surface area (Å²) in [6.45, 7) is 9.38. The van der Waals surface area contributed by atoms with Crippen LogP contribution in [-0.2, 0) is 11.3 Å². The van der Waals surface area contributed by atoms with Crippen LogP contribution >= 0.6 is 0 Å². The van der Waals surface area contributed by atoms with E-state index in [1.165, 1.54) is 0 Å². The molecule has 1 aliphatic heterocycles. The Balaban J connectivity index is 1.90. The molecular weight excluding hydrogens is 316 g/mol. The predicted octanol–water partition coefficient (Wildman–Crippen LogP) is 1.03. The summed E-state index contributed by atoms with van der Waals surface area (Å²) in [5.41, 5.74) is 1.73. The average Bonchev–Trinajstić information content (AvgIpc) is 2.66. The van der Waals surface area contributed by atoms with Crippen LogP contribution in [0.3, 0.4) is 0 Å². The van der Waals surface area contributed by atoms with Gasteiger partial charge in [0.1, 0.15) is 0 Å². The lowest BCUT2D eigenvalue weighted by Gasteiger charge is -2.37. The molecule has 0 saturated carbocycles. The van der Waals surface area contributed by atoms with E-state index in [4.69, 9.17) is 0 Å². The molecule has 1 atom stereocenters. The molecule has 1 aromatic carbocycles. The van der Waals surface area contributed by atoms with E-state index < -0.39 is 0 Å². The summed E-state index contributed by atoms with van der Waals surface area (Å²) in [4.78, 5) is 30.7. The largest absolute Gasteiger partial charge is 0.355 e. The standard InChI is InChI=1S/C19H30N4O2/c1-5-22-10-12-23(13-11-22)19(25)15(2)21(4)14-16-6-8-17(9-7-16)18(24)20-3/h6-9,15H,5,10-14H2,1-4H3,(H,20,24)/t15-/m0/s1. The summed E-state index contributed by atoms with van der Waals surface area (Å²) in [7, 11) is 3.59. The van der Waals surface area contributed by atoms with Crippen molar-refractivity contribution in [2.75, 3.05) is 46.8 Å². The third-order valence-corrected chi connectivity index (χ3v) is 5.02. The van der Waals surface area contributed by atoms with Crippen molar-refractivity contribution in [1.82, 2.24) is 20.0 Å². The number of nitrogens with zero attached hydrogens (tertiary/aromatic N) is 3. The number of nitrogens with one attached hydrogen (secondary N) is 1. The van der Waals surface area contributed by atoms with Crippen LogP contribution in [0.15, 0.2) is 24.3 Å². The zero-order valence-electron chi connectivity index (χ0n) is 15.8. The molecule has 0 unspecified atom stereocenters. The molecule has 0 aliphatic carbocycles. The van der Waals surface area contributed by atoms with E-state index in [1.807, 2.05) is 43.1 Å². The summed E-state index contributed by atoms with van der Waals surface area (Å²) in [5.74, 6) is 0.106. The highest BCUT2D eigenvalue weighted by Crippen LogP contribution is 2.12. The highest BCUT2D eigenvalue weighted by atomic mass is 16.2. The summed E-state index contributed by atoms with van der Waals surface area (Å²) >= 11 is 0. The summed E-state index contributed by atoms with van der Waals surface area (Å²) in [6, 6.07) is 7.36. The molecule has 0 aromatic heterocycles. The third-order valence-electron chi connectivity index (χ3n) is 5.02. The Hall–Kier alpha value is -1.92. The molecule has 25 heavy (non-hydrogen) atoms. The van der Waals surface area contributed by atoms with Gasteiger partial charge in [-0.1, -0.05) is 19.1 Å². The first-order chi connectivity index (χ1) is 12.0. The van der Waals surface area contributed by atoms with Crippen molar-refractivity contribution >= 4 is 11.8 Å². The van der Waals surface area contributed by atoms with Crippen LogP contribution in [0.4, 0.5) is 0 Å². The van der Waals surface area contributed by atoms with Crippen LogP contribution in [0.5, 0.6) is 0 Å². The Kier molecular flexibility index (Phi) is 6.96. The fourth-order valence-electron chi connectivity index (χ4n) is 3.07. The summed E-state index contributed by atoms with van der Waals surface area (Å²) in [5, 5.41) is 2.62. The lowest BCUT2D eigenvalue weighted by Crippen LogP contribution is -2.53. The molecular formula is C19H30N4O2. The van der Waals surface area contributed by atoms with E-state index >= 15 is 0 Å². The molecule has 0 bridgehead atoms. The summed E-state index contributed by atoms with van der Waals surface area (Å²) < 4.78 is 0. The molecule has 2 rings (SSSR count). The van der Waals surface area contributed by atoms with Gasteiger partial charge in [-0.25, -0.2) is 0 Å². The third kappa shape index (κ3) is 5.03. The van der Waals surface area contributed by atoms with Crippen LogP contribution in [-0.4, -0.2) is 79.4 Å². The molecule has 1 saturated heterocycles. The number of carbonyl (C=O) groups is 2. The average molecular weight is 346 g/mol. The van der Waals surface area contributed by atoms with Gasteiger partial charge in [0.2, 0.25) is 5.91 Å². The van der Waals surface area contributed by atoms with Crippen molar-refractivity contribution in [3.63, 3.8) is 0 Å². The molecule has 1 N–H and O–H groups in total. The number of benzene rings is 1. The maximum absolute atomic E-state index is 12.7. The minimum atomic E-state index is -0.160.